The fourth-order valence-electron chi connectivity index (χ4n) is 3.11. The summed E-state index contributed by atoms with van der Waals surface area (Å²) in [6.45, 7) is 0.706. The summed E-state index contributed by atoms with van der Waals surface area (Å²) in [5.74, 6) is 0.986. The number of hydrogen-bond acceptors (Lipinski definition) is 7. The van der Waals surface area contributed by atoms with E-state index in [2.05, 4.69) is 15.3 Å². The molecule has 1 aliphatic heterocycles. The van der Waals surface area contributed by atoms with E-state index in [9.17, 15) is 8.42 Å². The maximum Gasteiger partial charge on any atom is 0.243 e. The summed E-state index contributed by atoms with van der Waals surface area (Å²) in [4.78, 5) is 0.191. The molecular formula is C19H18N6O3S. The highest BCUT2D eigenvalue weighted by Crippen LogP contribution is 2.23. The minimum absolute atomic E-state index is 0.132. The largest absolute Gasteiger partial charge is 0.473 e. The third kappa shape index (κ3) is 4.11. The summed E-state index contributed by atoms with van der Waals surface area (Å²) in [5, 5.41) is 21.1. The lowest BCUT2D eigenvalue weighted by Crippen LogP contribution is -2.41. The molecule has 3 heterocycles. The second-order valence-corrected chi connectivity index (χ2v) is 8.48. The molecule has 148 valence electrons. The average molecular weight is 410 g/mol. The van der Waals surface area contributed by atoms with Crippen LogP contribution >= 0.6 is 0 Å². The second kappa shape index (κ2) is 7.98. The Morgan fingerprint density at radius 2 is 1.83 bits per heavy atom. The molecule has 0 radical (unpaired) electrons. The van der Waals surface area contributed by atoms with Crippen LogP contribution in [0.25, 0.3) is 5.82 Å². The molecule has 2 aromatic heterocycles. The van der Waals surface area contributed by atoms with Crippen LogP contribution in [0.5, 0.6) is 5.88 Å². The fourth-order valence-corrected chi connectivity index (χ4v) is 4.58. The van der Waals surface area contributed by atoms with Gasteiger partial charge in [0.05, 0.1) is 16.5 Å². The maximum absolute atomic E-state index is 12.8. The van der Waals surface area contributed by atoms with Gasteiger partial charge in [-0.2, -0.15) is 14.7 Å². The van der Waals surface area contributed by atoms with Gasteiger partial charge in [-0.05, 0) is 49.2 Å². The molecule has 0 spiro atoms. The first-order valence-corrected chi connectivity index (χ1v) is 10.5. The Bertz CT molecular complexity index is 1100. The highest BCUT2D eigenvalue weighted by Gasteiger charge is 2.30. The lowest BCUT2D eigenvalue weighted by Gasteiger charge is -2.31. The molecule has 29 heavy (non-hydrogen) atoms. The summed E-state index contributed by atoms with van der Waals surface area (Å²) < 4.78 is 34.5. The number of benzene rings is 1. The van der Waals surface area contributed by atoms with E-state index in [1.165, 1.54) is 28.6 Å². The van der Waals surface area contributed by atoms with Crippen LogP contribution < -0.4 is 4.74 Å². The number of ether oxygens (including phenoxy) is 1. The van der Waals surface area contributed by atoms with Crippen LogP contribution in [0, 0.1) is 11.3 Å². The van der Waals surface area contributed by atoms with Crippen LogP contribution in [-0.4, -0.2) is 51.9 Å². The number of nitriles is 1. The van der Waals surface area contributed by atoms with E-state index in [-0.39, 0.29) is 11.0 Å². The lowest BCUT2D eigenvalue weighted by atomic mass is 10.1. The molecule has 1 saturated heterocycles. The van der Waals surface area contributed by atoms with Gasteiger partial charge in [0.25, 0.3) is 0 Å². The van der Waals surface area contributed by atoms with Gasteiger partial charge < -0.3 is 4.74 Å². The SMILES string of the molecule is N#Cc1ccc(S(=O)(=O)N2CCC(Oc3ccc(-n4cccn4)nn3)CC2)cc1. The molecule has 0 bridgehead atoms. The van der Waals surface area contributed by atoms with Crippen LogP contribution in [-0.2, 0) is 10.0 Å². The Kier molecular flexibility index (Phi) is 5.24. The number of piperidine rings is 1. The van der Waals surface area contributed by atoms with Gasteiger partial charge in [0.2, 0.25) is 15.9 Å². The molecule has 0 aliphatic carbocycles. The van der Waals surface area contributed by atoms with Crippen LogP contribution in [0.3, 0.4) is 0 Å². The summed E-state index contributed by atoms with van der Waals surface area (Å²) in [5.41, 5.74) is 0.427. The molecule has 0 amide bonds. The second-order valence-electron chi connectivity index (χ2n) is 6.54. The first-order valence-electron chi connectivity index (χ1n) is 9.07. The molecular weight excluding hydrogens is 392 g/mol. The molecule has 1 fully saturated rings. The van der Waals surface area contributed by atoms with Gasteiger partial charge in [-0.1, -0.05) is 0 Å². The molecule has 4 rings (SSSR count). The van der Waals surface area contributed by atoms with Gasteiger partial charge >= 0.3 is 0 Å². The quantitative estimate of drug-likeness (QED) is 0.630. The topological polar surface area (TPSA) is 114 Å². The van der Waals surface area contributed by atoms with E-state index >= 15 is 0 Å². The van der Waals surface area contributed by atoms with Crippen molar-refractivity contribution in [2.24, 2.45) is 0 Å². The van der Waals surface area contributed by atoms with E-state index in [1.54, 1.807) is 35.3 Å². The van der Waals surface area contributed by atoms with Crippen LogP contribution in [0.1, 0.15) is 18.4 Å². The summed E-state index contributed by atoms with van der Waals surface area (Å²) in [6.07, 6.45) is 4.41. The summed E-state index contributed by atoms with van der Waals surface area (Å²) in [7, 11) is -3.58. The van der Waals surface area contributed by atoms with E-state index in [0.717, 1.165) is 0 Å². The number of nitrogens with zero attached hydrogens (tertiary/aromatic N) is 6. The predicted octanol–water partition coefficient (Wildman–Crippen LogP) is 1.77. The van der Waals surface area contributed by atoms with Crippen molar-refractivity contribution in [1.29, 1.82) is 5.26 Å². The summed E-state index contributed by atoms with van der Waals surface area (Å²) >= 11 is 0. The number of hydrogen-bond donors (Lipinski definition) is 0. The Morgan fingerprint density at radius 1 is 1.07 bits per heavy atom. The van der Waals surface area contributed by atoms with Crippen molar-refractivity contribution in [3.8, 4) is 17.8 Å². The first kappa shape index (κ1) is 19.0. The third-order valence-corrected chi connectivity index (χ3v) is 6.59. The molecule has 1 aliphatic rings. The minimum atomic E-state index is -3.58. The Labute approximate surface area is 168 Å². The van der Waals surface area contributed by atoms with Crippen molar-refractivity contribution in [2.75, 3.05) is 13.1 Å². The molecule has 0 saturated carbocycles. The van der Waals surface area contributed by atoms with Gasteiger partial charge in [0, 0.05) is 31.5 Å². The van der Waals surface area contributed by atoms with Crippen molar-refractivity contribution >= 4 is 10.0 Å². The predicted molar refractivity (Wildman–Crippen MR) is 103 cm³/mol. The molecule has 0 N–H and O–H groups in total. The third-order valence-electron chi connectivity index (χ3n) is 4.67. The summed E-state index contributed by atoms with van der Waals surface area (Å²) in [6, 6.07) is 13.2. The van der Waals surface area contributed by atoms with Crippen LogP contribution in [0.2, 0.25) is 0 Å². The highest BCUT2D eigenvalue weighted by molar-refractivity contribution is 7.89. The molecule has 10 heteroatoms. The van der Waals surface area contributed by atoms with Crippen molar-refractivity contribution in [2.45, 2.75) is 23.8 Å². The Hall–Kier alpha value is -3.29. The van der Waals surface area contributed by atoms with Crippen molar-refractivity contribution in [1.82, 2.24) is 24.3 Å². The van der Waals surface area contributed by atoms with Gasteiger partial charge in [0.15, 0.2) is 5.82 Å². The van der Waals surface area contributed by atoms with E-state index in [4.69, 9.17) is 10.00 Å². The molecule has 0 atom stereocenters. The normalized spacial score (nSPS) is 15.7. The van der Waals surface area contributed by atoms with Gasteiger partial charge in [-0.3, -0.25) is 0 Å². The van der Waals surface area contributed by atoms with E-state index < -0.39 is 10.0 Å². The minimum Gasteiger partial charge on any atom is -0.473 e. The smallest absolute Gasteiger partial charge is 0.243 e. The fraction of sp³-hybridized carbons (Fsp3) is 0.263. The van der Waals surface area contributed by atoms with Crippen LogP contribution in [0.4, 0.5) is 0 Å². The van der Waals surface area contributed by atoms with Gasteiger partial charge in [-0.15, -0.1) is 10.2 Å². The first-order chi connectivity index (χ1) is 14.1. The van der Waals surface area contributed by atoms with Crippen molar-refractivity contribution in [3.05, 3.63) is 60.4 Å². The average Bonchev–Trinajstić information content (AvgIpc) is 3.30. The Morgan fingerprint density at radius 3 is 2.41 bits per heavy atom. The monoisotopic (exact) mass is 410 g/mol. The molecule has 3 aromatic rings. The standard InChI is InChI=1S/C19H18N6O3S/c20-14-15-2-4-17(5-3-15)29(26,27)24-12-8-16(9-13-24)28-19-7-6-18(22-23-19)25-11-1-10-21-25/h1-7,10-11,16H,8-9,12-13H2. The highest BCUT2D eigenvalue weighted by atomic mass is 32.2. The number of rotatable bonds is 5. The van der Waals surface area contributed by atoms with E-state index in [1.807, 2.05) is 6.07 Å². The molecule has 9 nitrogen and oxygen atoms in total. The number of sulfonamides is 1. The number of aromatic nitrogens is 4. The maximum atomic E-state index is 12.8. The zero-order valence-electron chi connectivity index (χ0n) is 15.4. The zero-order chi connectivity index (χ0) is 20.3. The Balaban J connectivity index is 1.36. The zero-order valence-corrected chi connectivity index (χ0v) is 16.2. The van der Waals surface area contributed by atoms with Crippen molar-refractivity contribution < 1.29 is 13.2 Å². The van der Waals surface area contributed by atoms with Gasteiger partial charge in [0.1, 0.15) is 6.10 Å². The lowest BCUT2D eigenvalue weighted by molar-refractivity contribution is 0.128. The molecule has 1 aromatic carbocycles. The van der Waals surface area contributed by atoms with Gasteiger partial charge in [-0.25, -0.2) is 13.1 Å². The van der Waals surface area contributed by atoms with Crippen molar-refractivity contribution in [3.63, 3.8) is 0 Å². The van der Waals surface area contributed by atoms with E-state index in [0.29, 0.717) is 43.2 Å². The van der Waals surface area contributed by atoms with Crippen LogP contribution in [0.15, 0.2) is 59.8 Å². The molecule has 0 unspecified atom stereocenters.